The minimum absolute atomic E-state index is 0.127. The Bertz CT molecular complexity index is 928. The van der Waals surface area contributed by atoms with Crippen molar-refractivity contribution in [1.82, 2.24) is 14.7 Å². The van der Waals surface area contributed by atoms with Gasteiger partial charge in [-0.1, -0.05) is 24.0 Å². The van der Waals surface area contributed by atoms with Gasteiger partial charge in [-0.3, -0.25) is 14.4 Å². The maximum atomic E-state index is 13.2. The summed E-state index contributed by atoms with van der Waals surface area (Å²) in [7, 11) is 0. The second kappa shape index (κ2) is 7.81. The minimum atomic E-state index is -0.331. The zero-order chi connectivity index (χ0) is 18.7. The van der Waals surface area contributed by atoms with Gasteiger partial charge >= 0.3 is 0 Å². The summed E-state index contributed by atoms with van der Waals surface area (Å²) in [6, 6.07) is 8.09. The number of nitrogens with zero attached hydrogens (tertiary/aromatic N) is 4. The first kappa shape index (κ1) is 18.3. The van der Waals surface area contributed by atoms with Gasteiger partial charge in [0.05, 0.1) is 29.6 Å². The molecule has 3 rings (SSSR count). The van der Waals surface area contributed by atoms with E-state index in [1.807, 2.05) is 6.92 Å². The fourth-order valence-corrected chi connectivity index (χ4v) is 3.94. The summed E-state index contributed by atoms with van der Waals surface area (Å²) >= 11 is 6.50. The summed E-state index contributed by atoms with van der Waals surface area (Å²) < 4.78 is 15.4. The maximum absolute atomic E-state index is 13.2. The van der Waals surface area contributed by atoms with Crippen molar-refractivity contribution in [2.75, 3.05) is 6.54 Å². The van der Waals surface area contributed by atoms with E-state index in [0.29, 0.717) is 34.4 Å². The molecule has 5 nitrogen and oxygen atoms in total. The quantitative estimate of drug-likeness (QED) is 0.577. The molecule has 2 heterocycles. The van der Waals surface area contributed by atoms with Crippen LogP contribution in [0.4, 0.5) is 4.39 Å². The number of thiocarbonyl (C=S) groups is 1. The van der Waals surface area contributed by atoms with Gasteiger partial charge in [0, 0.05) is 23.9 Å². The topological polar surface area (TPSA) is 61.9 Å². The number of hydrogen-bond acceptors (Lipinski definition) is 5. The van der Waals surface area contributed by atoms with Crippen LogP contribution in [0.1, 0.15) is 18.9 Å². The van der Waals surface area contributed by atoms with Gasteiger partial charge in [-0.05, 0) is 37.3 Å². The van der Waals surface area contributed by atoms with Gasteiger partial charge in [-0.25, -0.2) is 4.39 Å². The number of nitriles is 1. The van der Waals surface area contributed by atoms with E-state index in [1.54, 1.807) is 34.0 Å². The van der Waals surface area contributed by atoms with Crippen molar-refractivity contribution in [3.05, 3.63) is 46.7 Å². The van der Waals surface area contributed by atoms with E-state index in [2.05, 4.69) is 11.2 Å². The number of amides is 1. The molecule has 0 saturated carbocycles. The SMILES string of the molecule is CCN1C(=O)/C(=C\c2cn(CCC#N)nc2-c2ccc(F)cc2)SC1=S. The molecule has 26 heavy (non-hydrogen) atoms. The summed E-state index contributed by atoms with van der Waals surface area (Å²) in [4.78, 5) is 14.5. The van der Waals surface area contributed by atoms with Gasteiger partial charge in [0.15, 0.2) is 0 Å². The number of carbonyl (C=O) groups excluding carboxylic acids is 1. The first-order valence-electron chi connectivity index (χ1n) is 7.99. The molecule has 1 aliphatic heterocycles. The van der Waals surface area contributed by atoms with Crippen molar-refractivity contribution in [3.8, 4) is 17.3 Å². The molecular formula is C18H15FN4OS2. The lowest BCUT2D eigenvalue weighted by atomic mass is 10.1. The van der Waals surface area contributed by atoms with Crippen LogP contribution < -0.4 is 0 Å². The molecule has 1 aliphatic rings. The molecular weight excluding hydrogens is 371 g/mol. The van der Waals surface area contributed by atoms with E-state index in [4.69, 9.17) is 17.5 Å². The Balaban J connectivity index is 2.02. The lowest BCUT2D eigenvalue weighted by molar-refractivity contribution is -0.121. The van der Waals surface area contributed by atoms with Crippen LogP contribution in [0, 0.1) is 17.1 Å². The number of rotatable bonds is 5. The van der Waals surface area contributed by atoms with E-state index < -0.39 is 0 Å². The van der Waals surface area contributed by atoms with Gasteiger partial charge in [-0.2, -0.15) is 10.4 Å². The van der Waals surface area contributed by atoms with Crippen LogP contribution in [0.25, 0.3) is 17.3 Å². The van der Waals surface area contributed by atoms with Crippen molar-refractivity contribution < 1.29 is 9.18 Å². The molecule has 1 aromatic heterocycles. The number of aromatic nitrogens is 2. The Labute approximate surface area is 160 Å². The standard InChI is InChI=1S/C18H15FN4OS2/c1-2-23-17(24)15(26-18(23)25)10-13-11-22(9-3-8-20)21-16(13)12-4-6-14(19)7-5-12/h4-7,10-11H,2-3,9H2,1H3/b15-10+. The van der Waals surface area contributed by atoms with E-state index in [1.165, 1.54) is 23.9 Å². The Kier molecular flexibility index (Phi) is 5.49. The largest absolute Gasteiger partial charge is 0.293 e. The number of benzene rings is 1. The monoisotopic (exact) mass is 386 g/mol. The number of carbonyl (C=O) groups is 1. The molecule has 0 N–H and O–H groups in total. The van der Waals surface area contributed by atoms with Gasteiger partial charge < -0.3 is 0 Å². The molecule has 1 amide bonds. The van der Waals surface area contributed by atoms with Crippen molar-refractivity contribution in [2.24, 2.45) is 0 Å². The summed E-state index contributed by atoms with van der Waals surface area (Å²) in [5, 5.41) is 13.3. The highest BCUT2D eigenvalue weighted by atomic mass is 32.2. The highest BCUT2D eigenvalue weighted by Gasteiger charge is 2.31. The zero-order valence-corrected chi connectivity index (χ0v) is 15.6. The van der Waals surface area contributed by atoms with Gasteiger partial charge in [0.1, 0.15) is 10.1 Å². The molecule has 1 fully saturated rings. The predicted octanol–water partition coefficient (Wildman–Crippen LogP) is 3.82. The second-order valence-corrected chi connectivity index (χ2v) is 7.21. The predicted molar refractivity (Wildman–Crippen MR) is 103 cm³/mol. The third kappa shape index (κ3) is 3.69. The van der Waals surface area contributed by atoms with Crippen LogP contribution in [0.2, 0.25) is 0 Å². The zero-order valence-electron chi connectivity index (χ0n) is 14.0. The molecule has 2 aromatic rings. The summed E-state index contributed by atoms with van der Waals surface area (Å²) in [5.41, 5.74) is 2.09. The molecule has 0 spiro atoms. The Hall–Kier alpha value is -2.50. The third-order valence-corrected chi connectivity index (χ3v) is 5.21. The summed E-state index contributed by atoms with van der Waals surface area (Å²) in [6.07, 6.45) is 3.86. The van der Waals surface area contributed by atoms with Gasteiger partial charge in [-0.15, -0.1) is 0 Å². The number of thioether (sulfide) groups is 1. The van der Waals surface area contributed by atoms with Gasteiger partial charge in [0.2, 0.25) is 0 Å². The first-order valence-corrected chi connectivity index (χ1v) is 9.21. The lowest BCUT2D eigenvalue weighted by Gasteiger charge is -2.09. The summed E-state index contributed by atoms with van der Waals surface area (Å²) in [5.74, 6) is -0.458. The molecule has 0 atom stereocenters. The number of hydrogen-bond donors (Lipinski definition) is 0. The average Bonchev–Trinajstić information content (AvgIpc) is 3.14. The van der Waals surface area contributed by atoms with Crippen molar-refractivity contribution in [3.63, 3.8) is 0 Å². The first-order chi connectivity index (χ1) is 12.5. The van der Waals surface area contributed by atoms with Crippen molar-refractivity contribution >= 4 is 40.3 Å². The van der Waals surface area contributed by atoms with Gasteiger partial charge in [0.25, 0.3) is 5.91 Å². The fourth-order valence-electron chi connectivity index (χ4n) is 2.57. The molecule has 8 heteroatoms. The van der Waals surface area contributed by atoms with E-state index in [-0.39, 0.29) is 11.7 Å². The highest BCUT2D eigenvalue weighted by Crippen LogP contribution is 2.34. The molecule has 0 radical (unpaired) electrons. The maximum Gasteiger partial charge on any atom is 0.266 e. The smallest absolute Gasteiger partial charge is 0.266 e. The lowest BCUT2D eigenvalue weighted by Crippen LogP contribution is -2.27. The third-order valence-electron chi connectivity index (χ3n) is 3.84. The highest BCUT2D eigenvalue weighted by molar-refractivity contribution is 8.26. The summed E-state index contributed by atoms with van der Waals surface area (Å²) in [6.45, 7) is 2.83. The Morgan fingerprint density at radius 1 is 1.38 bits per heavy atom. The molecule has 1 aromatic carbocycles. The van der Waals surface area contributed by atoms with Crippen LogP contribution in [-0.4, -0.2) is 31.5 Å². The van der Waals surface area contributed by atoms with E-state index in [9.17, 15) is 9.18 Å². The molecule has 1 saturated heterocycles. The minimum Gasteiger partial charge on any atom is -0.293 e. The Morgan fingerprint density at radius 2 is 2.12 bits per heavy atom. The molecule has 0 unspecified atom stereocenters. The van der Waals surface area contributed by atoms with E-state index >= 15 is 0 Å². The Morgan fingerprint density at radius 3 is 2.73 bits per heavy atom. The van der Waals surface area contributed by atoms with E-state index in [0.717, 1.165) is 11.1 Å². The van der Waals surface area contributed by atoms with Crippen LogP contribution in [0.3, 0.4) is 0 Å². The molecule has 132 valence electrons. The number of halogens is 1. The van der Waals surface area contributed by atoms with Crippen LogP contribution in [0.5, 0.6) is 0 Å². The average molecular weight is 386 g/mol. The molecule has 0 aliphatic carbocycles. The molecule has 0 bridgehead atoms. The normalized spacial score (nSPS) is 15.7. The van der Waals surface area contributed by atoms with Crippen LogP contribution in [0.15, 0.2) is 35.4 Å². The van der Waals surface area contributed by atoms with Crippen LogP contribution in [-0.2, 0) is 11.3 Å². The number of likely N-dealkylation sites (N-methyl/N-ethyl adjacent to an activating group) is 1. The fraction of sp³-hybridized carbons (Fsp3) is 0.222. The van der Waals surface area contributed by atoms with Crippen LogP contribution >= 0.6 is 24.0 Å². The van der Waals surface area contributed by atoms with Crippen molar-refractivity contribution in [1.29, 1.82) is 5.26 Å². The number of aryl methyl sites for hydroxylation is 1. The second-order valence-electron chi connectivity index (χ2n) is 5.54. The van der Waals surface area contributed by atoms with Crippen molar-refractivity contribution in [2.45, 2.75) is 19.9 Å².